The molecule has 0 spiro atoms. The van der Waals surface area contributed by atoms with Crippen LogP contribution in [-0.4, -0.2) is 31.9 Å². The molecule has 3 nitrogen and oxygen atoms in total. The van der Waals surface area contributed by atoms with Gasteiger partial charge in [0.05, 0.1) is 11.5 Å². The number of Topliss-reactive ketones (excluding diaryl/α,β-unsaturated/α-hetero) is 1. The van der Waals surface area contributed by atoms with Crippen molar-refractivity contribution in [2.45, 2.75) is 111 Å². The summed E-state index contributed by atoms with van der Waals surface area (Å²) in [5.74, 6) is 0.638. The molecule has 1 N–H and O–H groups in total. The van der Waals surface area contributed by atoms with E-state index in [0.717, 1.165) is 37.7 Å². The van der Waals surface area contributed by atoms with Crippen LogP contribution < -0.4 is 0 Å². The number of carbonyl (C=O) groups is 1. The Kier molecular flexibility index (Phi) is 6.80. The van der Waals surface area contributed by atoms with Crippen molar-refractivity contribution in [1.29, 1.82) is 0 Å². The van der Waals surface area contributed by atoms with Crippen LogP contribution in [0, 0.1) is 16.7 Å². The summed E-state index contributed by atoms with van der Waals surface area (Å²) in [4.78, 5) is 13.6. The smallest absolute Gasteiger partial charge is 0.191 e. The van der Waals surface area contributed by atoms with Crippen molar-refractivity contribution >= 4 is 14.1 Å². The molecule has 162 valence electrons. The standard InChI is InChI=1S/C24H44O3Si/c1-17(2)18-12-13-23(6)14-15-24(7,21(26)20(18)23)19(25)11-10-16-27-28(8,9)22(3,4)5/h17,19,25H,10-16H2,1-9H3/t19?,23-,24-/m1/s1. The number of hydrogen-bond donors (Lipinski definition) is 1. The molecule has 2 aliphatic rings. The lowest BCUT2D eigenvalue weighted by atomic mass is 9.59. The molecule has 0 bridgehead atoms. The molecule has 1 saturated carbocycles. The van der Waals surface area contributed by atoms with Crippen LogP contribution in [0.4, 0.5) is 0 Å². The number of rotatable bonds is 7. The number of allylic oxidation sites excluding steroid dienone is 2. The Morgan fingerprint density at radius 1 is 1.14 bits per heavy atom. The van der Waals surface area contributed by atoms with Crippen LogP contribution >= 0.6 is 0 Å². The molecular formula is C24H44O3Si. The number of aliphatic hydroxyl groups is 1. The molecular weight excluding hydrogens is 364 g/mol. The molecule has 0 aromatic rings. The highest BCUT2D eigenvalue weighted by atomic mass is 28.4. The van der Waals surface area contributed by atoms with Crippen molar-refractivity contribution in [3.63, 3.8) is 0 Å². The van der Waals surface area contributed by atoms with Crippen molar-refractivity contribution in [3.8, 4) is 0 Å². The number of ketones is 1. The second kappa shape index (κ2) is 8.00. The molecule has 3 atom stereocenters. The third-order valence-electron chi connectivity index (χ3n) is 8.14. The Morgan fingerprint density at radius 2 is 1.75 bits per heavy atom. The lowest BCUT2D eigenvalue weighted by Crippen LogP contribution is -2.48. The van der Waals surface area contributed by atoms with Crippen LogP contribution in [0.5, 0.6) is 0 Å². The van der Waals surface area contributed by atoms with E-state index in [2.05, 4.69) is 54.6 Å². The summed E-state index contributed by atoms with van der Waals surface area (Å²) in [7, 11) is -1.75. The van der Waals surface area contributed by atoms with Gasteiger partial charge in [0.25, 0.3) is 0 Å². The molecule has 0 radical (unpaired) electrons. The summed E-state index contributed by atoms with van der Waals surface area (Å²) in [5.41, 5.74) is 1.79. The van der Waals surface area contributed by atoms with E-state index in [9.17, 15) is 9.90 Å². The average molecular weight is 409 g/mol. The van der Waals surface area contributed by atoms with E-state index in [4.69, 9.17) is 4.43 Å². The van der Waals surface area contributed by atoms with Gasteiger partial charge >= 0.3 is 0 Å². The van der Waals surface area contributed by atoms with Crippen LogP contribution in [0.15, 0.2) is 11.1 Å². The normalized spacial score (nSPS) is 30.2. The maximum Gasteiger partial charge on any atom is 0.191 e. The van der Waals surface area contributed by atoms with Crippen molar-refractivity contribution in [3.05, 3.63) is 11.1 Å². The van der Waals surface area contributed by atoms with Gasteiger partial charge in [-0.05, 0) is 74.9 Å². The lowest BCUT2D eigenvalue weighted by Gasteiger charge is -2.44. The van der Waals surface area contributed by atoms with Gasteiger partial charge in [-0.25, -0.2) is 0 Å². The third-order valence-corrected chi connectivity index (χ3v) is 12.7. The van der Waals surface area contributed by atoms with Gasteiger partial charge in [0.1, 0.15) is 0 Å². The maximum atomic E-state index is 13.6. The minimum atomic E-state index is -1.75. The van der Waals surface area contributed by atoms with Crippen LogP contribution in [0.3, 0.4) is 0 Å². The molecule has 0 aromatic carbocycles. The lowest BCUT2D eigenvalue weighted by molar-refractivity contribution is -0.136. The largest absolute Gasteiger partial charge is 0.417 e. The molecule has 1 fully saturated rings. The van der Waals surface area contributed by atoms with E-state index in [-0.39, 0.29) is 16.2 Å². The first kappa shape index (κ1) is 23.8. The fourth-order valence-electron chi connectivity index (χ4n) is 4.69. The maximum absolute atomic E-state index is 13.6. The predicted molar refractivity (Wildman–Crippen MR) is 120 cm³/mol. The summed E-state index contributed by atoms with van der Waals surface area (Å²) in [6.07, 6.45) is 4.80. The van der Waals surface area contributed by atoms with Gasteiger partial charge in [0.2, 0.25) is 0 Å². The summed E-state index contributed by atoms with van der Waals surface area (Å²) in [5, 5.41) is 11.2. The van der Waals surface area contributed by atoms with Gasteiger partial charge in [-0.15, -0.1) is 0 Å². The van der Waals surface area contributed by atoms with E-state index >= 15 is 0 Å². The summed E-state index contributed by atoms with van der Waals surface area (Å²) >= 11 is 0. The minimum Gasteiger partial charge on any atom is -0.417 e. The van der Waals surface area contributed by atoms with Gasteiger partial charge in [0, 0.05) is 12.2 Å². The summed E-state index contributed by atoms with van der Waals surface area (Å²) < 4.78 is 6.26. The van der Waals surface area contributed by atoms with Gasteiger partial charge in [-0.2, -0.15) is 0 Å². The molecule has 28 heavy (non-hydrogen) atoms. The zero-order chi connectivity index (χ0) is 21.5. The third kappa shape index (κ3) is 4.34. The van der Waals surface area contributed by atoms with Crippen molar-refractivity contribution in [1.82, 2.24) is 0 Å². The first-order valence-electron chi connectivity index (χ1n) is 11.3. The highest BCUT2D eigenvalue weighted by Crippen LogP contribution is 2.56. The molecule has 4 heteroatoms. The molecule has 2 rings (SSSR count). The molecule has 0 saturated heterocycles. The Balaban J connectivity index is 2.04. The number of hydrogen-bond acceptors (Lipinski definition) is 3. The number of fused-ring (bicyclic) bond motifs is 1. The topological polar surface area (TPSA) is 46.5 Å². The van der Waals surface area contributed by atoms with Gasteiger partial charge in [-0.1, -0.05) is 47.1 Å². The second-order valence-electron chi connectivity index (χ2n) is 11.6. The Hall–Kier alpha value is -0.453. The molecule has 1 unspecified atom stereocenters. The van der Waals surface area contributed by atoms with E-state index in [1.54, 1.807) is 0 Å². The SMILES string of the molecule is CC(C)C1=C2C(=O)[C@@](C)(C(O)CCCO[Si](C)(C)C(C)(C)C)CC[C@@]2(C)CC1. The summed E-state index contributed by atoms with van der Waals surface area (Å²) in [6, 6.07) is 0. The van der Waals surface area contributed by atoms with Crippen LogP contribution in [-0.2, 0) is 9.22 Å². The highest BCUT2D eigenvalue weighted by molar-refractivity contribution is 6.74. The highest BCUT2D eigenvalue weighted by Gasteiger charge is 2.53. The Morgan fingerprint density at radius 3 is 2.29 bits per heavy atom. The van der Waals surface area contributed by atoms with E-state index in [1.807, 2.05) is 6.92 Å². The average Bonchev–Trinajstić information content (AvgIpc) is 2.92. The van der Waals surface area contributed by atoms with Gasteiger partial charge < -0.3 is 9.53 Å². The molecule has 0 heterocycles. The van der Waals surface area contributed by atoms with Crippen LogP contribution in [0.25, 0.3) is 0 Å². The Bertz CT molecular complexity index is 628. The molecule has 0 aromatic heterocycles. The van der Waals surface area contributed by atoms with Crippen molar-refractivity contribution in [2.24, 2.45) is 16.7 Å². The number of carbonyl (C=O) groups excluding carboxylic acids is 1. The molecule has 0 aliphatic heterocycles. The van der Waals surface area contributed by atoms with Crippen molar-refractivity contribution < 1.29 is 14.3 Å². The first-order valence-corrected chi connectivity index (χ1v) is 14.2. The predicted octanol–water partition coefficient (Wildman–Crippen LogP) is 6.27. The van der Waals surface area contributed by atoms with Gasteiger partial charge in [-0.3, -0.25) is 4.79 Å². The number of aliphatic hydroxyl groups excluding tert-OH is 1. The van der Waals surface area contributed by atoms with E-state index in [0.29, 0.717) is 18.9 Å². The molecule has 0 amide bonds. The van der Waals surface area contributed by atoms with Crippen molar-refractivity contribution in [2.75, 3.05) is 6.61 Å². The quantitative estimate of drug-likeness (QED) is 0.399. The minimum absolute atomic E-state index is 0.0291. The fraction of sp³-hybridized carbons (Fsp3) is 0.875. The van der Waals surface area contributed by atoms with Gasteiger partial charge in [0.15, 0.2) is 14.1 Å². The Labute approximate surface area is 174 Å². The zero-order valence-electron chi connectivity index (χ0n) is 19.9. The second-order valence-corrected chi connectivity index (χ2v) is 16.4. The van der Waals surface area contributed by atoms with E-state index in [1.165, 1.54) is 5.57 Å². The summed E-state index contributed by atoms with van der Waals surface area (Å²) in [6.45, 7) is 20.6. The van der Waals surface area contributed by atoms with Crippen LogP contribution in [0.2, 0.25) is 18.1 Å². The van der Waals surface area contributed by atoms with Crippen LogP contribution in [0.1, 0.15) is 87.0 Å². The van der Waals surface area contributed by atoms with E-state index < -0.39 is 19.8 Å². The monoisotopic (exact) mass is 408 g/mol. The molecule has 2 aliphatic carbocycles. The fourth-order valence-corrected chi connectivity index (χ4v) is 5.77. The first-order chi connectivity index (χ1) is 12.7. The zero-order valence-corrected chi connectivity index (χ0v) is 20.9.